The number of nitrogens with zero attached hydrogens (tertiary/aromatic N) is 2. The number of aryl methyl sites for hydroxylation is 1. The van der Waals surface area contributed by atoms with Crippen molar-refractivity contribution >= 4 is 5.84 Å². The molecule has 0 saturated heterocycles. The first-order chi connectivity index (χ1) is 10.2. The van der Waals surface area contributed by atoms with Crippen molar-refractivity contribution in [1.29, 1.82) is 0 Å². The van der Waals surface area contributed by atoms with E-state index in [2.05, 4.69) is 15.5 Å². The van der Waals surface area contributed by atoms with Gasteiger partial charge in [-0.2, -0.15) is 0 Å². The maximum Gasteiger partial charge on any atom is 0.141 e. The number of oxime groups is 1. The van der Waals surface area contributed by atoms with Crippen LogP contribution in [0.4, 0.5) is 0 Å². The molecule has 0 aliphatic heterocycles. The minimum Gasteiger partial charge on any atom is -0.409 e. The molecule has 0 saturated carbocycles. The summed E-state index contributed by atoms with van der Waals surface area (Å²) in [6.45, 7) is 2.59. The summed E-state index contributed by atoms with van der Waals surface area (Å²) < 4.78 is 0. The molecular weight excluding hydrogens is 264 g/mol. The summed E-state index contributed by atoms with van der Waals surface area (Å²) in [6.07, 6.45) is 0.437. The molecule has 2 aromatic rings. The summed E-state index contributed by atoms with van der Waals surface area (Å²) in [4.78, 5) is 4.46. The van der Waals surface area contributed by atoms with Crippen molar-refractivity contribution in [3.8, 4) is 0 Å². The molecular formula is C16H20N4O. The number of aromatic nitrogens is 1. The van der Waals surface area contributed by atoms with Crippen LogP contribution in [-0.4, -0.2) is 16.0 Å². The zero-order chi connectivity index (χ0) is 15.1. The van der Waals surface area contributed by atoms with Gasteiger partial charge < -0.3 is 16.3 Å². The molecule has 1 unspecified atom stereocenters. The van der Waals surface area contributed by atoms with Crippen LogP contribution >= 0.6 is 0 Å². The molecule has 5 nitrogen and oxygen atoms in total. The average Bonchev–Trinajstić information content (AvgIpc) is 2.52. The minimum absolute atomic E-state index is 0.0237. The van der Waals surface area contributed by atoms with Crippen LogP contribution in [0.5, 0.6) is 0 Å². The predicted octanol–water partition coefficient (Wildman–Crippen LogP) is 2.36. The summed E-state index contributed by atoms with van der Waals surface area (Å²) in [5.74, 6) is 0.202. The van der Waals surface area contributed by atoms with Crippen molar-refractivity contribution in [3.63, 3.8) is 0 Å². The van der Waals surface area contributed by atoms with E-state index >= 15 is 0 Å². The Morgan fingerprint density at radius 3 is 2.67 bits per heavy atom. The Morgan fingerprint density at radius 1 is 1.24 bits per heavy atom. The van der Waals surface area contributed by atoms with Crippen LogP contribution in [0, 0.1) is 6.92 Å². The number of hydrogen-bond acceptors (Lipinski definition) is 4. The lowest BCUT2D eigenvalue weighted by atomic mass is 10.0. The second-order valence-corrected chi connectivity index (χ2v) is 4.91. The normalized spacial score (nSPS) is 13.1. The highest BCUT2D eigenvalue weighted by Crippen LogP contribution is 2.17. The molecule has 1 aromatic carbocycles. The molecule has 110 valence electrons. The zero-order valence-corrected chi connectivity index (χ0v) is 12.0. The highest BCUT2D eigenvalue weighted by Gasteiger charge is 2.13. The molecule has 1 heterocycles. The van der Waals surface area contributed by atoms with Gasteiger partial charge in [-0.15, -0.1) is 0 Å². The van der Waals surface area contributed by atoms with Gasteiger partial charge in [0.05, 0.1) is 5.69 Å². The van der Waals surface area contributed by atoms with Crippen molar-refractivity contribution in [2.24, 2.45) is 10.9 Å². The Bertz CT molecular complexity index is 598. The summed E-state index contributed by atoms with van der Waals surface area (Å²) in [5, 5.41) is 15.2. The van der Waals surface area contributed by atoms with Crippen LogP contribution in [-0.2, 0) is 6.54 Å². The van der Waals surface area contributed by atoms with E-state index in [0.717, 1.165) is 17.0 Å². The van der Waals surface area contributed by atoms with Gasteiger partial charge in [0.1, 0.15) is 5.84 Å². The third-order valence-electron chi connectivity index (χ3n) is 3.22. The number of nitrogens with two attached hydrogens (primary N) is 1. The van der Waals surface area contributed by atoms with Gasteiger partial charge in [-0.3, -0.25) is 4.98 Å². The van der Waals surface area contributed by atoms with E-state index < -0.39 is 0 Å². The summed E-state index contributed by atoms with van der Waals surface area (Å²) in [5.41, 5.74) is 8.70. The highest BCUT2D eigenvalue weighted by molar-refractivity contribution is 5.80. The molecule has 4 N–H and O–H groups in total. The number of pyridine rings is 1. The number of benzene rings is 1. The van der Waals surface area contributed by atoms with Crippen molar-refractivity contribution in [2.75, 3.05) is 0 Å². The molecule has 0 fully saturated rings. The quantitative estimate of drug-likeness (QED) is 0.329. The third kappa shape index (κ3) is 4.57. The third-order valence-corrected chi connectivity index (χ3v) is 3.22. The summed E-state index contributed by atoms with van der Waals surface area (Å²) >= 11 is 0. The molecule has 0 aliphatic carbocycles. The molecule has 0 bridgehead atoms. The van der Waals surface area contributed by atoms with Gasteiger partial charge in [0.25, 0.3) is 0 Å². The fourth-order valence-electron chi connectivity index (χ4n) is 2.17. The van der Waals surface area contributed by atoms with Crippen LogP contribution in [0.2, 0.25) is 0 Å². The van der Waals surface area contributed by atoms with Crippen LogP contribution in [0.25, 0.3) is 0 Å². The summed E-state index contributed by atoms with van der Waals surface area (Å²) in [7, 11) is 0. The van der Waals surface area contributed by atoms with Gasteiger partial charge in [-0.05, 0) is 24.6 Å². The molecule has 0 radical (unpaired) electrons. The second-order valence-electron chi connectivity index (χ2n) is 4.91. The molecule has 2 rings (SSSR count). The highest BCUT2D eigenvalue weighted by atomic mass is 16.4. The van der Waals surface area contributed by atoms with Crippen molar-refractivity contribution in [2.45, 2.75) is 25.9 Å². The topological polar surface area (TPSA) is 83.5 Å². The van der Waals surface area contributed by atoms with Crippen LogP contribution in [0.1, 0.15) is 29.4 Å². The van der Waals surface area contributed by atoms with Gasteiger partial charge >= 0.3 is 0 Å². The lowest BCUT2D eigenvalue weighted by Gasteiger charge is -2.18. The maximum atomic E-state index is 8.78. The largest absolute Gasteiger partial charge is 0.409 e. The number of rotatable bonds is 6. The van der Waals surface area contributed by atoms with Gasteiger partial charge in [0.15, 0.2) is 0 Å². The molecule has 0 spiro atoms. The molecule has 5 heteroatoms. The van der Waals surface area contributed by atoms with E-state index in [1.807, 2.05) is 55.5 Å². The van der Waals surface area contributed by atoms with E-state index in [-0.39, 0.29) is 11.9 Å². The van der Waals surface area contributed by atoms with Gasteiger partial charge in [0, 0.05) is 24.7 Å². The molecule has 0 amide bonds. The first kappa shape index (κ1) is 15.0. The van der Waals surface area contributed by atoms with Gasteiger partial charge in [-0.1, -0.05) is 41.6 Å². The Morgan fingerprint density at radius 2 is 2.00 bits per heavy atom. The van der Waals surface area contributed by atoms with E-state index in [9.17, 15) is 0 Å². The fraction of sp³-hybridized carbons (Fsp3) is 0.250. The Balaban J connectivity index is 2.09. The standard InChI is InChI=1S/C16H20N4O/c1-12-6-5-9-14(19-12)11-18-15(10-16(17)20-21)13-7-3-2-4-8-13/h2-9,15,18,21H,10-11H2,1H3,(H2,17,20). The Labute approximate surface area is 124 Å². The lowest BCUT2D eigenvalue weighted by molar-refractivity contribution is 0.315. The van der Waals surface area contributed by atoms with Crippen molar-refractivity contribution in [1.82, 2.24) is 10.3 Å². The monoisotopic (exact) mass is 284 g/mol. The number of amidine groups is 1. The van der Waals surface area contributed by atoms with E-state index in [1.165, 1.54) is 0 Å². The lowest BCUT2D eigenvalue weighted by Crippen LogP contribution is -2.27. The van der Waals surface area contributed by atoms with Crippen LogP contribution in [0.3, 0.4) is 0 Å². The molecule has 21 heavy (non-hydrogen) atoms. The Kier molecular flexibility index (Phi) is 5.29. The second kappa shape index (κ2) is 7.40. The van der Waals surface area contributed by atoms with Gasteiger partial charge in [0.2, 0.25) is 0 Å². The minimum atomic E-state index is -0.0237. The first-order valence-electron chi connectivity index (χ1n) is 6.86. The smallest absolute Gasteiger partial charge is 0.141 e. The molecule has 1 atom stereocenters. The van der Waals surface area contributed by atoms with E-state index in [1.54, 1.807) is 0 Å². The maximum absolute atomic E-state index is 8.78. The Hall–Kier alpha value is -2.40. The van der Waals surface area contributed by atoms with Gasteiger partial charge in [-0.25, -0.2) is 0 Å². The fourth-order valence-corrected chi connectivity index (χ4v) is 2.17. The molecule has 1 aromatic heterocycles. The average molecular weight is 284 g/mol. The number of hydrogen-bond donors (Lipinski definition) is 3. The zero-order valence-electron chi connectivity index (χ0n) is 12.0. The van der Waals surface area contributed by atoms with Crippen molar-refractivity contribution in [3.05, 3.63) is 65.5 Å². The SMILES string of the molecule is Cc1cccc(CNC(CC(N)=NO)c2ccccc2)n1. The number of nitrogens with one attached hydrogen (secondary N) is 1. The predicted molar refractivity (Wildman–Crippen MR) is 83.0 cm³/mol. The van der Waals surface area contributed by atoms with E-state index in [4.69, 9.17) is 10.9 Å². The van der Waals surface area contributed by atoms with Crippen molar-refractivity contribution < 1.29 is 5.21 Å². The molecule has 0 aliphatic rings. The van der Waals surface area contributed by atoms with E-state index in [0.29, 0.717) is 13.0 Å². The van der Waals surface area contributed by atoms with Crippen LogP contribution < -0.4 is 11.1 Å². The van der Waals surface area contributed by atoms with Crippen LogP contribution in [0.15, 0.2) is 53.7 Å². The summed E-state index contributed by atoms with van der Waals surface area (Å²) in [6, 6.07) is 15.9. The first-order valence-corrected chi connectivity index (χ1v) is 6.86.